The summed E-state index contributed by atoms with van der Waals surface area (Å²) in [5.74, 6) is -0.928. The number of anilines is 1. The van der Waals surface area contributed by atoms with Crippen LogP contribution in [0.15, 0.2) is 30.6 Å². The summed E-state index contributed by atoms with van der Waals surface area (Å²) in [6.45, 7) is 2.84. The predicted octanol–water partition coefficient (Wildman–Crippen LogP) is 1.92. The Morgan fingerprint density at radius 3 is 2.89 bits per heavy atom. The van der Waals surface area contributed by atoms with Crippen molar-refractivity contribution < 1.29 is 14.7 Å². The van der Waals surface area contributed by atoms with Crippen LogP contribution in [0, 0.1) is 22.7 Å². The molecule has 0 saturated carbocycles. The van der Waals surface area contributed by atoms with E-state index in [0.717, 1.165) is 0 Å². The monoisotopic (exact) mass is 508 g/mol. The van der Waals surface area contributed by atoms with Gasteiger partial charge in [0.05, 0.1) is 29.5 Å². The summed E-state index contributed by atoms with van der Waals surface area (Å²) in [5, 5.41) is 33.0. The van der Waals surface area contributed by atoms with E-state index in [9.17, 15) is 9.59 Å². The number of aliphatic hydroxyl groups excluding tert-OH is 1. The normalized spacial score (nSPS) is 14.1. The third-order valence-electron chi connectivity index (χ3n) is 5.88. The lowest BCUT2D eigenvalue weighted by atomic mass is 10.0. The number of nitrogens with zero attached hydrogens (tertiary/aromatic N) is 4. The highest BCUT2D eigenvalue weighted by atomic mass is 35.5. The topological polar surface area (TPSA) is 171 Å². The van der Waals surface area contributed by atoms with Crippen LogP contribution in [0.25, 0.3) is 11.2 Å². The molecule has 2 amide bonds. The molecule has 0 aliphatic carbocycles. The molecule has 1 aromatic carbocycles. The van der Waals surface area contributed by atoms with Crippen molar-refractivity contribution in [3.8, 4) is 6.07 Å². The zero-order valence-corrected chi connectivity index (χ0v) is 20.3. The minimum absolute atomic E-state index is 0.0312. The van der Waals surface area contributed by atoms with Gasteiger partial charge < -0.3 is 25.6 Å². The first-order valence-electron chi connectivity index (χ1n) is 11.4. The van der Waals surface area contributed by atoms with Crippen molar-refractivity contribution in [2.24, 2.45) is 5.92 Å². The Balaban J connectivity index is 1.54. The van der Waals surface area contributed by atoms with Crippen molar-refractivity contribution in [3.05, 3.63) is 52.4 Å². The maximum Gasteiger partial charge on any atom is 0.255 e. The van der Waals surface area contributed by atoms with Crippen molar-refractivity contribution in [2.75, 3.05) is 31.6 Å². The lowest BCUT2D eigenvalue weighted by molar-refractivity contribution is -0.137. The number of likely N-dealkylation sites (tertiary alicyclic amines) is 1. The molecule has 0 unspecified atom stereocenters. The van der Waals surface area contributed by atoms with Gasteiger partial charge in [-0.3, -0.25) is 15.0 Å². The van der Waals surface area contributed by atoms with E-state index in [2.05, 4.69) is 31.7 Å². The molecule has 0 bridgehead atoms. The van der Waals surface area contributed by atoms with E-state index in [1.165, 1.54) is 17.3 Å². The molecule has 11 nitrogen and oxygen atoms in total. The lowest BCUT2D eigenvalue weighted by Crippen LogP contribution is -2.55. The molecule has 1 aliphatic heterocycles. The highest BCUT2D eigenvalue weighted by molar-refractivity contribution is 6.31. The zero-order chi connectivity index (χ0) is 25.8. The van der Waals surface area contributed by atoms with Crippen LogP contribution >= 0.6 is 11.6 Å². The Morgan fingerprint density at radius 2 is 2.17 bits per heavy atom. The number of amides is 2. The number of carbonyl (C=O) groups is 2. The highest BCUT2D eigenvalue weighted by Crippen LogP contribution is 2.24. The number of H-pyrrole nitrogens is 1. The van der Waals surface area contributed by atoms with Crippen LogP contribution in [-0.2, 0) is 4.79 Å². The van der Waals surface area contributed by atoms with Gasteiger partial charge >= 0.3 is 0 Å². The standard InChI is InChI=1S/C24H25ClN8O3/c1-13(24(36)33-11-14(8-26)12-33)31-23(35)17-9-29-22-21(17)32-19(10-30-22)20(27)16-4-3-15(25)7-18(16)28-5-2-6-34/h3-4,7,9-10,13-14,27-28,34H,2,5-6,11-12H2,1H3,(H,29,30)(H,31,35)/t13-/m1/s1. The molecule has 0 radical (unpaired) electrons. The molecule has 12 heteroatoms. The summed E-state index contributed by atoms with van der Waals surface area (Å²) in [7, 11) is 0. The number of carbonyl (C=O) groups excluding carboxylic acids is 2. The van der Waals surface area contributed by atoms with Crippen molar-refractivity contribution >= 4 is 46.0 Å². The number of nitrogens with one attached hydrogen (secondary N) is 4. The van der Waals surface area contributed by atoms with Gasteiger partial charge in [0.1, 0.15) is 17.3 Å². The smallest absolute Gasteiger partial charge is 0.255 e. The van der Waals surface area contributed by atoms with Crippen LogP contribution < -0.4 is 10.6 Å². The first kappa shape index (κ1) is 25.1. The number of halogens is 1. The minimum atomic E-state index is -0.779. The molecule has 1 saturated heterocycles. The molecule has 3 heterocycles. The summed E-state index contributed by atoms with van der Waals surface area (Å²) in [4.78, 5) is 38.7. The minimum Gasteiger partial charge on any atom is -0.396 e. The molecular formula is C24H25ClN8O3. The summed E-state index contributed by atoms with van der Waals surface area (Å²) < 4.78 is 0. The summed E-state index contributed by atoms with van der Waals surface area (Å²) in [6, 6.07) is 6.39. The highest BCUT2D eigenvalue weighted by Gasteiger charge is 2.33. The lowest BCUT2D eigenvalue weighted by Gasteiger charge is -2.37. The Bertz CT molecular complexity index is 1360. The molecule has 1 atom stereocenters. The van der Waals surface area contributed by atoms with Crippen molar-refractivity contribution in [1.29, 1.82) is 10.7 Å². The fraction of sp³-hybridized carbons (Fsp3) is 0.333. The molecular weight excluding hydrogens is 484 g/mol. The number of rotatable bonds is 9. The van der Waals surface area contributed by atoms with Crippen LogP contribution in [0.2, 0.25) is 5.02 Å². The second-order valence-corrected chi connectivity index (χ2v) is 8.92. The molecule has 4 rings (SSSR count). The van der Waals surface area contributed by atoms with Crippen molar-refractivity contribution in [1.82, 2.24) is 25.2 Å². The fourth-order valence-electron chi connectivity index (χ4n) is 3.86. The fourth-order valence-corrected chi connectivity index (χ4v) is 4.03. The van der Waals surface area contributed by atoms with E-state index in [-0.39, 0.29) is 40.9 Å². The second kappa shape index (κ2) is 10.7. The number of hydrogen-bond acceptors (Lipinski definition) is 8. The van der Waals surface area contributed by atoms with E-state index in [0.29, 0.717) is 48.0 Å². The van der Waals surface area contributed by atoms with Crippen LogP contribution in [0.3, 0.4) is 0 Å². The van der Waals surface area contributed by atoms with E-state index >= 15 is 0 Å². The molecule has 5 N–H and O–H groups in total. The Kier molecular flexibility index (Phi) is 7.47. The van der Waals surface area contributed by atoms with E-state index in [1.807, 2.05) is 0 Å². The average molecular weight is 509 g/mol. The maximum atomic E-state index is 13.0. The number of aliphatic hydroxyl groups is 1. The van der Waals surface area contributed by atoms with Gasteiger partial charge in [0.15, 0.2) is 5.65 Å². The molecule has 36 heavy (non-hydrogen) atoms. The number of benzene rings is 1. The van der Waals surface area contributed by atoms with Crippen molar-refractivity contribution in [3.63, 3.8) is 0 Å². The van der Waals surface area contributed by atoms with Crippen LogP contribution in [0.1, 0.15) is 35.0 Å². The average Bonchev–Trinajstić information content (AvgIpc) is 3.26. The number of nitriles is 1. The molecule has 2 aromatic heterocycles. The molecule has 1 fully saturated rings. The van der Waals surface area contributed by atoms with Gasteiger partial charge in [0, 0.05) is 48.7 Å². The SMILES string of the molecule is C[C@@H](NC(=O)c1c[nH]c2ncc(C(=N)c3ccc(Cl)cc3NCCCO)nc12)C(=O)N1CC(C#N)C1. The predicted molar refractivity (Wildman–Crippen MR) is 134 cm³/mol. The third-order valence-corrected chi connectivity index (χ3v) is 6.11. The zero-order valence-electron chi connectivity index (χ0n) is 19.5. The van der Waals surface area contributed by atoms with Gasteiger partial charge in [-0.2, -0.15) is 5.26 Å². The number of hydrogen-bond donors (Lipinski definition) is 5. The molecule has 1 aliphatic rings. The summed E-state index contributed by atoms with van der Waals surface area (Å²) in [5.41, 5.74) is 2.32. The first-order valence-corrected chi connectivity index (χ1v) is 11.8. The summed E-state index contributed by atoms with van der Waals surface area (Å²) >= 11 is 6.13. The van der Waals surface area contributed by atoms with Gasteiger partial charge in [0.2, 0.25) is 5.91 Å². The second-order valence-electron chi connectivity index (χ2n) is 8.49. The summed E-state index contributed by atoms with van der Waals surface area (Å²) in [6.07, 6.45) is 3.44. The van der Waals surface area contributed by atoms with Gasteiger partial charge in [-0.25, -0.2) is 9.97 Å². The number of aromatic nitrogens is 3. The largest absolute Gasteiger partial charge is 0.396 e. The van der Waals surface area contributed by atoms with Gasteiger partial charge in [-0.1, -0.05) is 11.6 Å². The third kappa shape index (κ3) is 5.15. The van der Waals surface area contributed by atoms with Crippen LogP contribution in [-0.4, -0.2) is 74.8 Å². The van der Waals surface area contributed by atoms with E-state index < -0.39 is 11.9 Å². The van der Waals surface area contributed by atoms with Crippen LogP contribution in [0.4, 0.5) is 5.69 Å². The first-order chi connectivity index (χ1) is 17.3. The van der Waals surface area contributed by atoms with Crippen LogP contribution in [0.5, 0.6) is 0 Å². The van der Waals surface area contributed by atoms with E-state index in [4.69, 9.17) is 27.4 Å². The molecule has 186 valence electrons. The Hall–Kier alpha value is -4.01. The Labute approximate surface area is 212 Å². The number of fused-ring (bicyclic) bond motifs is 1. The number of aromatic amines is 1. The maximum absolute atomic E-state index is 13.0. The Morgan fingerprint density at radius 1 is 1.39 bits per heavy atom. The quantitative estimate of drug-likeness (QED) is 0.217. The molecule has 0 spiro atoms. The van der Waals surface area contributed by atoms with Gasteiger partial charge in [-0.05, 0) is 31.5 Å². The van der Waals surface area contributed by atoms with Crippen molar-refractivity contribution in [2.45, 2.75) is 19.4 Å². The van der Waals surface area contributed by atoms with Gasteiger partial charge in [0.25, 0.3) is 5.91 Å². The van der Waals surface area contributed by atoms with Gasteiger partial charge in [-0.15, -0.1) is 0 Å². The van der Waals surface area contributed by atoms with E-state index in [1.54, 1.807) is 25.1 Å². The molecule has 3 aromatic rings.